The van der Waals surface area contributed by atoms with Gasteiger partial charge in [-0.25, -0.2) is 0 Å². The zero-order valence-corrected chi connectivity index (χ0v) is 37.2. The summed E-state index contributed by atoms with van der Waals surface area (Å²) in [5.74, 6) is -0.913. The van der Waals surface area contributed by atoms with Gasteiger partial charge < -0.3 is 14.2 Å². The first-order valence-electron chi connectivity index (χ1n) is 24.0. The quantitative estimate of drug-likeness (QED) is 0.0201. The number of esters is 3. The molecule has 0 rings (SSSR count). The molecule has 6 heteroatoms. The SMILES string of the molecule is CCCC/C=C\C=C/CCCCCC(=O)OC(COC(=O)CCCCCCCCC/C=C\CCCCCCCC)COC(=O)CCCCCCCCCCCC. The number of carbonyl (C=O) groups excluding carboxylic acids is 3. The van der Waals surface area contributed by atoms with Crippen LogP contribution in [0.25, 0.3) is 0 Å². The number of allylic oxidation sites excluding steroid dienone is 6. The molecule has 0 bridgehead atoms. The van der Waals surface area contributed by atoms with Gasteiger partial charge in [0.1, 0.15) is 13.2 Å². The van der Waals surface area contributed by atoms with Crippen molar-refractivity contribution in [3.8, 4) is 0 Å². The van der Waals surface area contributed by atoms with Crippen molar-refractivity contribution in [1.29, 1.82) is 0 Å². The minimum absolute atomic E-state index is 0.0822. The number of carbonyl (C=O) groups is 3. The van der Waals surface area contributed by atoms with Gasteiger partial charge in [-0.1, -0.05) is 198 Å². The second-order valence-corrected chi connectivity index (χ2v) is 16.0. The smallest absolute Gasteiger partial charge is 0.306 e. The van der Waals surface area contributed by atoms with E-state index in [1.54, 1.807) is 0 Å². The van der Waals surface area contributed by atoms with E-state index in [0.29, 0.717) is 19.3 Å². The molecule has 0 aliphatic heterocycles. The summed E-state index contributed by atoms with van der Waals surface area (Å²) in [7, 11) is 0. The van der Waals surface area contributed by atoms with Crippen LogP contribution in [0.1, 0.15) is 245 Å². The highest BCUT2D eigenvalue weighted by molar-refractivity contribution is 5.71. The summed E-state index contributed by atoms with van der Waals surface area (Å²) in [6, 6.07) is 0. The monoisotopic (exact) mass is 787 g/mol. The Morgan fingerprint density at radius 2 is 0.661 bits per heavy atom. The maximum absolute atomic E-state index is 12.7. The van der Waals surface area contributed by atoms with Gasteiger partial charge in [-0.15, -0.1) is 0 Å². The summed E-state index contributed by atoms with van der Waals surface area (Å²) in [4.78, 5) is 37.7. The van der Waals surface area contributed by atoms with Crippen LogP contribution in [0.5, 0.6) is 0 Å². The Labute approximate surface area is 346 Å². The number of unbranched alkanes of at least 4 members (excludes halogenated alkanes) is 27. The van der Waals surface area contributed by atoms with Gasteiger partial charge in [-0.05, 0) is 64.2 Å². The van der Waals surface area contributed by atoms with E-state index >= 15 is 0 Å². The summed E-state index contributed by atoms with van der Waals surface area (Å²) < 4.78 is 16.7. The molecule has 1 unspecified atom stereocenters. The number of rotatable bonds is 43. The zero-order chi connectivity index (χ0) is 40.8. The largest absolute Gasteiger partial charge is 0.462 e. The van der Waals surface area contributed by atoms with E-state index in [1.165, 1.54) is 135 Å². The third-order valence-corrected chi connectivity index (χ3v) is 10.4. The Morgan fingerprint density at radius 3 is 1.07 bits per heavy atom. The lowest BCUT2D eigenvalue weighted by atomic mass is 10.1. The lowest BCUT2D eigenvalue weighted by Gasteiger charge is -2.18. The molecule has 0 amide bonds. The second kappa shape index (κ2) is 45.3. The molecule has 0 saturated carbocycles. The molecule has 0 saturated heterocycles. The summed E-state index contributed by atoms with van der Waals surface area (Å²) >= 11 is 0. The van der Waals surface area contributed by atoms with Crippen molar-refractivity contribution in [1.82, 2.24) is 0 Å². The van der Waals surface area contributed by atoms with Crippen molar-refractivity contribution >= 4 is 17.9 Å². The van der Waals surface area contributed by atoms with Gasteiger partial charge in [0.25, 0.3) is 0 Å². The predicted octanol–water partition coefficient (Wildman–Crippen LogP) is 15.4. The van der Waals surface area contributed by atoms with Crippen LogP contribution in [-0.2, 0) is 28.6 Å². The van der Waals surface area contributed by atoms with Gasteiger partial charge in [-0.3, -0.25) is 14.4 Å². The fourth-order valence-corrected chi connectivity index (χ4v) is 6.71. The Morgan fingerprint density at radius 1 is 0.357 bits per heavy atom. The van der Waals surface area contributed by atoms with Gasteiger partial charge in [0, 0.05) is 19.3 Å². The third-order valence-electron chi connectivity index (χ3n) is 10.4. The summed E-state index contributed by atoms with van der Waals surface area (Å²) in [5, 5.41) is 0. The van der Waals surface area contributed by atoms with E-state index < -0.39 is 6.10 Å². The van der Waals surface area contributed by atoms with Crippen LogP contribution in [0.3, 0.4) is 0 Å². The van der Waals surface area contributed by atoms with Crippen LogP contribution >= 0.6 is 0 Å². The molecule has 0 spiro atoms. The molecule has 0 radical (unpaired) electrons. The first-order valence-corrected chi connectivity index (χ1v) is 24.0. The fourth-order valence-electron chi connectivity index (χ4n) is 6.71. The van der Waals surface area contributed by atoms with Crippen LogP contribution in [0, 0.1) is 0 Å². The van der Waals surface area contributed by atoms with E-state index in [4.69, 9.17) is 14.2 Å². The lowest BCUT2D eigenvalue weighted by Crippen LogP contribution is -2.30. The maximum Gasteiger partial charge on any atom is 0.306 e. The molecular formula is C50H90O6. The van der Waals surface area contributed by atoms with Crippen LogP contribution < -0.4 is 0 Å². The summed E-state index contributed by atoms with van der Waals surface area (Å²) in [6.45, 7) is 6.54. The van der Waals surface area contributed by atoms with Crippen molar-refractivity contribution in [3.63, 3.8) is 0 Å². The molecule has 0 aromatic rings. The lowest BCUT2D eigenvalue weighted by molar-refractivity contribution is -0.167. The first kappa shape index (κ1) is 53.6. The number of hydrogen-bond donors (Lipinski definition) is 0. The van der Waals surface area contributed by atoms with Crippen molar-refractivity contribution in [2.75, 3.05) is 13.2 Å². The molecule has 0 heterocycles. The minimum Gasteiger partial charge on any atom is -0.462 e. The highest BCUT2D eigenvalue weighted by Gasteiger charge is 2.19. The van der Waals surface area contributed by atoms with E-state index in [0.717, 1.165) is 70.6 Å². The second-order valence-electron chi connectivity index (χ2n) is 16.0. The van der Waals surface area contributed by atoms with E-state index in [2.05, 4.69) is 57.2 Å². The van der Waals surface area contributed by atoms with Gasteiger partial charge in [-0.2, -0.15) is 0 Å². The molecule has 0 aliphatic carbocycles. The molecule has 0 N–H and O–H groups in total. The predicted molar refractivity (Wildman–Crippen MR) is 238 cm³/mol. The molecule has 0 fully saturated rings. The van der Waals surface area contributed by atoms with E-state index in [-0.39, 0.29) is 31.1 Å². The molecule has 6 nitrogen and oxygen atoms in total. The van der Waals surface area contributed by atoms with Crippen molar-refractivity contribution < 1.29 is 28.6 Å². The summed E-state index contributed by atoms with van der Waals surface area (Å²) in [5.41, 5.74) is 0. The van der Waals surface area contributed by atoms with Crippen molar-refractivity contribution in [2.45, 2.75) is 252 Å². The topological polar surface area (TPSA) is 78.9 Å². The first-order chi connectivity index (χ1) is 27.5. The van der Waals surface area contributed by atoms with Crippen LogP contribution in [-0.4, -0.2) is 37.2 Å². The average Bonchev–Trinajstić information content (AvgIpc) is 3.19. The molecule has 56 heavy (non-hydrogen) atoms. The van der Waals surface area contributed by atoms with Gasteiger partial charge in [0.15, 0.2) is 6.10 Å². The van der Waals surface area contributed by atoms with E-state index in [1.807, 2.05) is 0 Å². The number of hydrogen-bond acceptors (Lipinski definition) is 6. The molecule has 1 atom stereocenters. The Kier molecular flexibility index (Phi) is 43.4. The average molecular weight is 787 g/mol. The van der Waals surface area contributed by atoms with Gasteiger partial charge in [0.2, 0.25) is 0 Å². The number of ether oxygens (including phenoxy) is 3. The Bertz CT molecular complexity index is 953. The maximum atomic E-state index is 12.7. The van der Waals surface area contributed by atoms with E-state index in [9.17, 15) is 14.4 Å². The fraction of sp³-hybridized carbons (Fsp3) is 0.820. The Balaban J connectivity index is 4.34. The van der Waals surface area contributed by atoms with Gasteiger partial charge in [0.05, 0.1) is 0 Å². The molecule has 326 valence electrons. The van der Waals surface area contributed by atoms with Crippen LogP contribution in [0.15, 0.2) is 36.5 Å². The molecule has 0 aromatic heterocycles. The highest BCUT2D eigenvalue weighted by Crippen LogP contribution is 2.14. The van der Waals surface area contributed by atoms with Crippen molar-refractivity contribution in [2.24, 2.45) is 0 Å². The highest BCUT2D eigenvalue weighted by atomic mass is 16.6. The van der Waals surface area contributed by atoms with Gasteiger partial charge >= 0.3 is 17.9 Å². The van der Waals surface area contributed by atoms with Crippen LogP contribution in [0.2, 0.25) is 0 Å². The normalized spacial score (nSPS) is 12.3. The molecule has 0 aliphatic rings. The molecule has 0 aromatic carbocycles. The van der Waals surface area contributed by atoms with Crippen molar-refractivity contribution in [3.05, 3.63) is 36.5 Å². The standard InChI is InChI=1S/C50H90O6/c1-4-7-10-13-16-19-22-23-24-25-26-27-29-31-34-37-40-43-49(52)55-46-47(45-54-48(51)42-39-36-33-30-21-18-15-12-9-6-3)56-50(53)44-41-38-35-32-28-20-17-14-11-8-5-2/h14,17,20,23-24,28,47H,4-13,15-16,18-19,21-22,25-27,29-46H2,1-3H3/b17-14-,24-23-,28-20-. The summed E-state index contributed by atoms with van der Waals surface area (Å²) in [6.07, 6.45) is 51.3. The zero-order valence-electron chi connectivity index (χ0n) is 37.2. The molecular weight excluding hydrogens is 697 g/mol. The Hall–Kier alpha value is -2.37. The van der Waals surface area contributed by atoms with Crippen LogP contribution in [0.4, 0.5) is 0 Å². The minimum atomic E-state index is -0.782. The third kappa shape index (κ3) is 42.8.